The van der Waals surface area contributed by atoms with Crippen LogP contribution in [0, 0.1) is 0 Å². The van der Waals surface area contributed by atoms with Crippen molar-refractivity contribution < 1.29 is 0 Å². The van der Waals surface area contributed by atoms with E-state index in [2.05, 4.69) is 31.1 Å². The third-order valence-electron chi connectivity index (χ3n) is 4.12. The maximum Gasteiger partial charge on any atom is 0.107 e. The summed E-state index contributed by atoms with van der Waals surface area (Å²) in [4.78, 5) is 7.39. The summed E-state index contributed by atoms with van der Waals surface area (Å²) in [5, 5.41) is 3.46. The number of nitrogens with zero attached hydrogens (tertiary/aromatic N) is 2. The third-order valence-corrected chi connectivity index (χ3v) is 5.12. The van der Waals surface area contributed by atoms with Crippen molar-refractivity contribution in [1.29, 1.82) is 0 Å². The fourth-order valence-corrected chi connectivity index (χ4v) is 4.11. The van der Waals surface area contributed by atoms with Gasteiger partial charge in [-0.1, -0.05) is 40.0 Å². The lowest BCUT2D eigenvalue weighted by Crippen LogP contribution is -2.37. The van der Waals surface area contributed by atoms with Crippen molar-refractivity contribution >= 4 is 22.9 Å². The summed E-state index contributed by atoms with van der Waals surface area (Å²) in [7, 11) is 0. The maximum absolute atomic E-state index is 6.00. The molecule has 0 aromatic carbocycles. The van der Waals surface area contributed by atoms with Crippen molar-refractivity contribution in [2.45, 2.75) is 70.9 Å². The summed E-state index contributed by atoms with van der Waals surface area (Å²) in [5.74, 6) is 0.716. The van der Waals surface area contributed by atoms with Crippen molar-refractivity contribution in [2.24, 2.45) is 0 Å². The summed E-state index contributed by atoms with van der Waals surface area (Å²) in [5.41, 5.74) is 1.36. The lowest BCUT2D eigenvalue weighted by atomic mass is 9.93. The molecule has 0 atom stereocenters. The average molecular weight is 315 g/mol. The van der Waals surface area contributed by atoms with Gasteiger partial charge in [-0.2, -0.15) is 0 Å². The molecule has 0 amide bonds. The molecular formula is C16H27ClN2S. The molecule has 0 unspecified atom stereocenters. The van der Waals surface area contributed by atoms with Crippen LogP contribution >= 0.6 is 22.9 Å². The van der Waals surface area contributed by atoms with Crippen LogP contribution in [-0.2, 0) is 12.0 Å². The zero-order valence-electron chi connectivity index (χ0n) is 13.0. The Labute approximate surface area is 132 Å². The monoisotopic (exact) mass is 314 g/mol. The van der Waals surface area contributed by atoms with Gasteiger partial charge in [0.1, 0.15) is 5.01 Å². The van der Waals surface area contributed by atoms with Crippen molar-refractivity contribution in [3.8, 4) is 0 Å². The van der Waals surface area contributed by atoms with E-state index < -0.39 is 0 Å². The molecule has 0 aliphatic heterocycles. The Bertz CT molecular complexity index is 405. The topological polar surface area (TPSA) is 16.1 Å². The Hall–Kier alpha value is -0.120. The summed E-state index contributed by atoms with van der Waals surface area (Å²) in [6, 6.07) is 0.712. The van der Waals surface area contributed by atoms with E-state index in [1.54, 1.807) is 11.3 Å². The Balaban J connectivity index is 2.01. The molecule has 2 rings (SSSR count). The highest BCUT2D eigenvalue weighted by atomic mass is 35.5. The zero-order chi connectivity index (χ0) is 14.6. The molecule has 0 radical (unpaired) electrons. The van der Waals surface area contributed by atoms with Gasteiger partial charge < -0.3 is 0 Å². The van der Waals surface area contributed by atoms with Crippen molar-refractivity contribution in [1.82, 2.24) is 9.88 Å². The molecule has 114 valence electrons. The van der Waals surface area contributed by atoms with Crippen LogP contribution in [0.3, 0.4) is 0 Å². The van der Waals surface area contributed by atoms with E-state index in [1.165, 1.54) is 42.8 Å². The number of halogens is 1. The second-order valence-electron chi connectivity index (χ2n) is 6.83. The minimum absolute atomic E-state index is 0.150. The van der Waals surface area contributed by atoms with Crippen LogP contribution in [0.1, 0.15) is 63.6 Å². The number of thiazole rings is 1. The highest BCUT2D eigenvalue weighted by molar-refractivity contribution is 7.09. The normalized spacial score (nSPS) is 17.9. The van der Waals surface area contributed by atoms with Crippen LogP contribution in [-0.4, -0.2) is 28.4 Å². The highest BCUT2D eigenvalue weighted by Crippen LogP contribution is 2.27. The van der Waals surface area contributed by atoms with Crippen LogP contribution in [0.4, 0.5) is 0 Å². The number of aromatic nitrogens is 1. The number of hydrogen-bond acceptors (Lipinski definition) is 3. The first-order valence-electron chi connectivity index (χ1n) is 7.75. The zero-order valence-corrected chi connectivity index (χ0v) is 14.6. The molecule has 1 fully saturated rings. The lowest BCUT2D eigenvalue weighted by Gasteiger charge is -2.33. The second-order valence-corrected chi connectivity index (χ2v) is 8.15. The molecule has 20 heavy (non-hydrogen) atoms. The lowest BCUT2D eigenvalue weighted by molar-refractivity contribution is 0.156. The van der Waals surface area contributed by atoms with Crippen molar-refractivity contribution in [3.05, 3.63) is 16.1 Å². The van der Waals surface area contributed by atoms with Crippen molar-refractivity contribution in [2.75, 3.05) is 12.4 Å². The van der Waals surface area contributed by atoms with Crippen LogP contribution in [0.2, 0.25) is 0 Å². The predicted octanol–water partition coefficient (Wildman–Crippen LogP) is 4.81. The van der Waals surface area contributed by atoms with Gasteiger partial charge in [0.15, 0.2) is 0 Å². The van der Waals surface area contributed by atoms with E-state index in [0.717, 1.165) is 13.1 Å². The minimum atomic E-state index is 0.150. The van der Waals surface area contributed by atoms with Gasteiger partial charge in [-0.15, -0.1) is 22.9 Å². The van der Waals surface area contributed by atoms with Gasteiger partial charge in [-0.25, -0.2) is 4.98 Å². The second kappa shape index (κ2) is 7.24. The molecule has 1 aliphatic rings. The van der Waals surface area contributed by atoms with E-state index in [4.69, 9.17) is 16.6 Å². The Morgan fingerprint density at radius 2 is 2.00 bits per heavy atom. The molecule has 4 heteroatoms. The molecule has 0 N–H and O–H groups in total. The van der Waals surface area contributed by atoms with Gasteiger partial charge in [-0.3, -0.25) is 4.90 Å². The Morgan fingerprint density at radius 3 is 2.55 bits per heavy atom. The average Bonchev–Trinajstić information content (AvgIpc) is 2.88. The van der Waals surface area contributed by atoms with Crippen molar-refractivity contribution in [3.63, 3.8) is 0 Å². The summed E-state index contributed by atoms with van der Waals surface area (Å²) >= 11 is 7.80. The van der Waals surface area contributed by atoms with Gasteiger partial charge in [0, 0.05) is 29.3 Å². The predicted molar refractivity (Wildman–Crippen MR) is 88.8 cm³/mol. The van der Waals surface area contributed by atoms with E-state index >= 15 is 0 Å². The Morgan fingerprint density at radius 1 is 1.30 bits per heavy atom. The fraction of sp³-hybridized carbons (Fsp3) is 0.812. The number of alkyl halides is 1. The molecule has 0 saturated heterocycles. The molecule has 1 aromatic heterocycles. The first-order valence-corrected chi connectivity index (χ1v) is 9.17. The first kappa shape index (κ1) is 16.3. The van der Waals surface area contributed by atoms with E-state index in [9.17, 15) is 0 Å². The van der Waals surface area contributed by atoms with Gasteiger partial charge >= 0.3 is 0 Å². The molecule has 0 spiro atoms. The Kier molecular flexibility index (Phi) is 5.88. The van der Waals surface area contributed by atoms with Gasteiger partial charge in [0.25, 0.3) is 0 Å². The molecule has 1 aromatic rings. The molecule has 0 bridgehead atoms. The quantitative estimate of drug-likeness (QED) is 0.725. The molecule has 1 aliphatic carbocycles. The SMILES string of the molecule is CC(C)(C)c1csc(CN(CCCl)C2CCCCC2)n1. The third kappa shape index (κ3) is 4.44. The standard InChI is InChI=1S/C16H27ClN2S/c1-16(2,3)14-12-20-15(18-14)11-19(10-9-17)13-7-5-4-6-8-13/h12-13H,4-11H2,1-3H3. The maximum atomic E-state index is 6.00. The molecule has 1 heterocycles. The van der Waals surface area contributed by atoms with E-state index in [-0.39, 0.29) is 5.41 Å². The molecular weight excluding hydrogens is 288 g/mol. The number of rotatable bonds is 5. The van der Waals surface area contributed by atoms with Gasteiger partial charge in [-0.05, 0) is 12.8 Å². The van der Waals surface area contributed by atoms with Crippen LogP contribution in [0.25, 0.3) is 0 Å². The van der Waals surface area contributed by atoms with E-state index in [0.29, 0.717) is 11.9 Å². The molecule has 2 nitrogen and oxygen atoms in total. The molecule has 1 saturated carbocycles. The summed E-state index contributed by atoms with van der Waals surface area (Å²) < 4.78 is 0. The minimum Gasteiger partial charge on any atom is -0.293 e. The first-order chi connectivity index (χ1) is 9.50. The van der Waals surface area contributed by atoms with Crippen LogP contribution < -0.4 is 0 Å². The summed E-state index contributed by atoms with van der Waals surface area (Å²) in [6.07, 6.45) is 6.79. The van der Waals surface area contributed by atoms with E-state index in [1.807, 2.05) is 0 Å². The smallest absolute Gasteiger partial charge is 0.107 e. The fourth-order valence-electron chi connectivity index (χ4n) is 2.85. The largest absolute Gasteiger partial charge is 0.293 e. The van der Waals surface area contributed by atoms with Crippen LogP contribution in [0.5, 0.6) is 0 Å². The van der Waals surface area contributed by atoms with Gasteiger partial charge in [0.05, 0.1) is 12.2 Å². The summed E-state index contributed by atoms with van der Waals surface area (Å²) in [6.45, 7) is 8.63. The van der Waals surface area contributed by atoms with Gasteiger partial charge in [0.2, 0.25) is 0 Å². The number of hydrogen-bond donors (Lipinski definition) is 0. The van der Waals surface area contributed by atoms with Crippen LogP contribution in [0.15, 0.2) is 5.38 Å². The highest BCUT2D eigenvalue weighted by Gasteiger charge is 2.23.